The molecule has 0 aromatic heterocycles. The van der Waals surface area contributed by atoms with E-state index in [0.717, 1.165) is 6.07 Å². The van der Waals surface area contributed by atoms with Crippen LogP contribution in [0.4, 0.5) is 9.18 Å². The number of benzene rings is 1. The standard InChI is InChI=1S/C13H13ClFNO4/c1-2-5-20-13(19)16-11(12(17)18)7-8-6-9(14)3-4-10(8)15/h2-4,6,11H,1,5,7H2,(H,16,19)(H,17,18)/t11-/m1/s1. The van der Waals surface area contributed by atoms with Crippen LogP contribution in [0.3, 0.4) is 0 Å². The highest BCUT2D eigenvalue weighted by Crippen LogP contribution is 2.16. The van der Waals surface area contributed by atoms with Gasteiger partial charge in [0.2, 0.25) is 0 Å². The van der Waals surface area contributed by atoms with E-state index in [2.05, 4.69) is 16.6 Å². The van der Waals surface area contributed by atoms with Crippen molar-refractivity contribution in [3.63, 3.8) is 0 Å². The van der Waals surface area contributed by atoms with Crippen molar-refractivity contribution in [2.75, 3.05) is 6.61 Å². The molecule has 0 aliphatic rings. The Bertz CT molecular complexity index is 521. The van der Waals surface area contributed by atoms with Crippen LogP contribution in [0.15, 0.2) is 30.9 Å². The summed E-state index contributed by atoms with van der Waals surface area (Å²) in [7, 11) is 0. The van der Waals surface area contributed by atoms with Crippen LogP contribution in [0.5, 0.6) is 0 Å². The van der Waals surface area contributed by atoms with E-state index < -0.39 is 23.9 Å². The SMILES string of the molecule is C=CCOC(=O)N[C@H](Cc1cc(Cl)ccc1F)C(=O)O. The Labute approximate surface area is 120 Å². The molecule has 2 N–H and O–H groups in total. The van der Waals surface area contributed by atoms with Gasteiger partial charge in [-0.2, -0.15) is 0 Å². The fourth-order valence-corrected chi connectivity index (χ4v) is 1.63. The molecule has 108 valence electrons. The number of rotatable bonds is 6. The minimum atomic E-state index is -1.32. The molecule has 0 fully saturated rings. The molecule has 0 spiro atoms. The Morgan fingerprint density at radius 1 is 1.55 bits per heavy atom. The van der Waals surface area contributed by atoms with Gasteiger partial charge in [0, 0.05) is 11.4 Å². The average molecular weight is 302 g/mol. The first kappa shape index (κ1) is 16.0. The first-order chi connectivity index (χ1) is 9.43. The lowest BCUT2D eigenvalue weighted by atomic mass is 10.1. The highest BCUT2D eigenvalue weighted by Gasteiger charge is 2.22. The largest absolute Gasteiger partial charge is 0.480 e. The van der Waals surface area contributed by atoms with Crippen molar-refractivity contribution in [1.29, 1.82) is 0 Å². The van der Waals surface area contributed by atoms with Gasteiger partial charge in [0.25, 0.3) is 0 Å². The molecule has 20 heavy (non-hydrogen) atoms. The second-order valence-corrected chi connectivity index (χ2v) is 4.30. The van der Waals surface area contributed by atoms with Gasteiger partial charge in [0.1, 0.15) is 18.5 Å². The Hall–Kier alpha value is -2.08. The van der Waals surface area contributed by atoms with Crippen LogP contribution in [0.2, 0.25) is 5.02 Å². The summed E-state index contributed by atoms with van der Waals surface area (Å²) in [4.78, 5) is 22.4. The lowest BCUT2D eigenvalue weighted by Gasteiger charge is -2.14. The fourth-order valence-electron chi connectivity index (χ4n) is 1.44. The third kappa shape index (κ3) is 4.89. The van der Waals surface area contributed by atoms with Crippen LogP contribution in [-0.2, 0) is 16.0 Å². The number of ether oxygens (including phenoxy) is 1. The van der Waals surface area contributed by atoms with Gasteiger partial charge in [-0.25, -0.2) is 14.0 Å². The predicted molar refractivity (Wildman–Crippen MR) is 71.2 cm³/mol. The summed E-state index contributed by atoms with van der Waals surface area (Å²) in [6, 6.07) is 2.47. The molecular weight excluding hydrogens is 289 g/mol. The average Bonchev–Trinajstić information content (AvgIpc) is 2.39. The normalized spacial score (nSPS) is 11.5. The summed E-state index contributed by atoms with van der Waals surface area (Å²) >= 11 is 5.72. The Balaban J connectivity index is 2.77. The fraction of sp³-hybridized carbons (Fsp3) is 0.231. The maximum Gasteiger partial charge on any atom is 0.408 e. The van der Waals surface area contributed by atoms with Crippen LogP contribution >= 0.6 is 11.6 Å². The van der Waals surface area contributed by atoms with Crippen LogP contribution in [0.1, 0.15) is 5.56 Å². The van der Waals surface area contributed by atoms with E-state index in [4.69, 9.17) is 16.7 Å². The second kappa shape index (κ2) is 7.49. The second-order valence-electron chi connectivity index (χ2n) is 3.86. The minimum Gasteiger partial charge on any atom is -0.480 e. The number of halogens is 2. The van der Waals surface area contributed by atoms with E-state index in [1.54, 1.807) is 0 Å². The Morgan fingerprint density at radius 2 is 2.25 bits per heavy atom. The van der Waals surface area contributed by atoms with Gasteiger partial charge in [-0.1, -0.05) is 24.3 Å². The lowest BCUT2D eigenvalue weighted by molar-refractivity contribution is -0.139. The van der Waals surface area contributed by atoms with Gasteiger partial charge in [0.15, 0.2) is 0 Å². The molecule has 0 aliphatic heterocycles. The van der Waals surface area contributed by atoms with E-state index in [1.165, 1.54) is 18.2 Å². The van der Waals surface area contributed by atoms with E-state index >= 15 is 0 Å². The van der Waals surface area contributed by atoms with Crippen LogP contribution in [0, 0.1) is 5.82 Å². The topological polar surface area (TPSA) is 75.6 Å². The lowest BCUT2D eigenvalue weighted by Crippen LogP contribution is -2.42. The van der Waals surface area contributed by atoms with E-state index in [0.29, 0.717) is 0 Å². The number of hydrogen-bond acceptors (Lipinski definition) is 3. The van der Waals surface area contributed by atoms with Crippen molar-refractivity contribution in [2.24, 2.45) is 0 Å². The highest BCUT2D eigenvalue weighted by molar-refractivity contribution is 6.30. The summed E-state index contributed by atoms with van der Waals surface area (Å²) in [6.45, 7) is 3.30. The molecule has 0 saturated carbocycles. The number of carboxylic acids is 1. The number of carbonyl (C=O) groups is 2. The summed E-state index contributed by atoms with van der Waals surface area (Å²) < 4.78 is 18.1. The summed E-state index contributed by atoms with van der Waals surface area (Å²) in [5.41, 5.74) is 0.0916. The maximum absolute atomic E-state index is 13.5. The molecule has 0 radical (unpaired) electrons. The number of hydrogen-bond donors (Lipinski definition) is 2. The van der Waals surface area contributed by atoms with Gasteiger partial charge in [-0.05, 0) is 23.8 Å². The Morgan fingerprint density at radius 3 is 2.85 bits per heavy atom. The van der Waals surface area contributed by atoms with E-state index in [9.17, 15) is 14.0 Å². The molecule has 0 heterocycles. The smallest absolute Gasteiger partial charge is 0.408 e. The molecule has 1 atom stereocenters. The zero-order chi connectivity index (χ0) is 15.1. The minimum absolute atomic E-state index is 0.0519. The highest BCUT2D eigenvalue weighted by atomic mass is 35.5. The monoisotopic (exact) mass is 301 g/mol. The molecule has 1 rings (SSSR count). The molecule has 0 unspecified atom stereocenters. The van der Waals surface area contributed by atoms with Gasteiger partial charge >= 0.3 is 12.1 Å². The van der Waals surface area contributed by atoms with Gasteiger partial charge in [0.05, 0.1) is 0 Å². The molecule has 0 aliphatic carbocycles. The summed E-state index contributed by atoms with van der Waals surface area (Å²) in [6.07, 6.45) is 0.177. The summed E-state index contributed by atoms with van der Waals surface area (Å²) in [5.74, 6) is -1.90. The van der Waals surface area contributed by atoms with Crippen molar-refractivity contribution >= 4 is 23.7 Å². The van der Waals surface area contributed by atoms with Crippen molar-refractivity contribution in [3.8, 4) is 0 Å². The van der Waals surface area contributed by atoms with Gasteiger partial charge in [-0.3, -0.25) is 0 Å². The van der Waals surface area contributed by atoms with Crippen molar-refractivity contribution in [2.45, 2.75) is 12.5 Å². The maximum atomic E-state index is 13.5. The number of carbonyl (C=O) groups excluding carboxylic acids is 1. The predicted octanol–water partition coefficient (Wildman–Crippen LogP) is 2.39. The zero-order valence-corrected chi connectivity index (χ0v) is 11.2. The molecule has 5 nitrogen and oxygen atoms in total. The summed E-state index contributed by atoms with van der Waals surface area (Å²) in [5, 5.41) is 11.4. The third-order valence-electron chi connectivity index (χ3n) is 2.35. The molecule has 7 heteroatoms. The molecule has 0 bridgehead atoms. The first-order valence-electron chi connectivity index (χ1n) is 5.65. The molecule has 1 aromatic rings. The molecule has 1 aromatic carbocycles. The van der Waals surface area contributed by atoms with E-state index in [-0.39, 0.29) is 23.6 Å². The zero-order valence-electron chi connectivity index (χ0n) is 10.4. The van der Waals surface area contributed by atoms with Crippen molar-refractivity contribution in [1.82, 2.24) is 5.32 Å². The quantitative estimate of drug-likeness (QED) is 0.791. The van der Waals surface area contributed by atoms with Crippen LogP contribution in [-0.4, -0.2) is 29.8 Å². The van der Waals surface area contributed by atoms with Crippen molar-refractivity contribution < 1.29 is 23.8 Å². The molecular formula is C13H13ClFNO4. The van der Waals surface area contributed by atoms with Crippen molar-refractivity contribution in [3.05, 3.63) is 47.3 Å². The molecule has 0 saturated heterocycles. The first-order valence-corrected chi connectivity index (χ1v) is 6.02. The number of alkyl carbamates (subject to hydrolysis) is 1. The number of carboxylic acid groups (broad SMARTS) is 1. The Kier molecular flexibility index (Phi) is 5.99. The number of amides is 1. The number of aliphatic carboxylic acids is 1. The van der Waals surface area contributed by atoms with Crippen LogP contribution < -0.4 is 5.32 Å². The van der Waals surface area contributed by atoms with Gasteiger partial charge in [-0.15, -0.1) is 0 Å². The van der Waals surface area contributed by atoms with Gasteiger partial charge < -0.3 is 15.2 Å². The number of nitrogens with one attached hydrogen (secondary N) is 1. The van der Waals surface area contributed by atoms with Crippen LogP contribution in [0.25, 0.3) is 0 Å². The van der Waals surface area contributed by atoms with E-state index in [1.807, 2.05) is 0 Å². The third-order valence-corrected chi connectivity index (χ3v) is 2.59. The molecule has 1 amide bonds.